The highest BCUT2D eigenvalue weighted by Gasteiger charge is 2.31. The number of rotatable bonds is 6. The second-order valence-electron chi connectivity index (χ2n) is 8.33. The summed E-state index contributed by atoms with van der Waals surface area (Å²) >= 11 is 1.39. The summed E-state index contributed by atoms with van der Waals surface area (Å²) in [5.74, 6) is -0.454. The van der Waals surface area contributed by atoms with Crippen molar-refractivity contribution in [2.75, 3.05) is 19.7 Å². The van der Waals surface area contributed by atoms with Crippen molar-refractivity contribution in [3.63, 3.8) is 0 Å². The molecule has 162 valence electrons. The van der Waals surface area contributed by atoms with Gasteiger partial charge in [-0.3, -0.25) is 4.79 Å². The van der Waals surface area contributed by atoms with Crippen LogP contribution in [0.25, 0.3) is 0 Å². The Morgan fingerprint density at radius 1 is 1.24 bits per heavy atom. The second-order valence-corrected chi connectivity index (χ2v) is 9.62. The number of amides is 2. The average Bonchev–Trinajstić information content (AvgIpc) is 3.07. The first kappa shape index (κ1) is 23.2. The number of nitrogens with one attached hydrogen (secondary N) is 1. The lowest BCUT2D eigenvalue weighted by molar-refractivity contribution is -0.146. The summed E-state index contributed by atoms with van der Waals surface area (Å²) in [7, 11) is 0. The van der Waals surface area contributed by atoms with E-state index in [2.05, 4.69) is 5.32 Å². The molecule has 2 rings (SSSR count). The zero-order valence-corrected chi connectivity index (χ0v) is 18.8. The van der Waals surface area contributed by atoms with Crippen LogP contribution in [0.1, 0.15) is 61.5 Å². The fraction of sp³-hybridized carbons (Fsp3) is 0.667. The molecule has 1 fully saturated rings. The Labute approximate surface area is 176 Å². The Balaban J connectivity index is 1.93. The first-order valence-corrected chi connectivity index (χ1v) is 10.9. The predicted octanol–water partition coefficient (Wildman–Crippen LogP) is 3.76. The summed E-state index contributed by atoms with van der Waals surface area (Å²) in [5.41, 5.74) is -0.520. The molecule has 0 aliphatic carbocycles. The largest absolute Gasteiger partial charge is 0.464 e. The molecule has 1 unspecified atom stereocenters. The maximum Gasteiger partial charge on any atom is 0.410 e. The van der Waals surface area contributed by atoms with Gasteiger partial charge in [0.2, 0.25) is 0 Å². The predicted molar refractivity (Wildman–Crippen MR) is 112 cm³/mol. The van der Waals surface area contributed by atoms with Crippen molar-refractivity contribution < 1.29 is 23.9 Å². The van der Waals surface area contributed by atoms with Gasteiger partial charge in [0.15, 0.2) is 0 Å². The van der Waals surface area contributed by atoms with Crippen molar-refractivity contribution in [2.45, 2.75) is 65.5 Å². The molecule has 2 amide bonds. The molecule has 29 heavy (non-hydrogen) atoms. The van der Waals surface area contributed by atoms with Gasteiger partial charge in [-0.25, -0.2) is 9.59 Å². The number of esters is 1. The third kappa shape index (κ3) is 7.34. The molecule has 1 aromatic heterocycles. The van der Waals surface area contributed by atoms with Crippen LogP contribution in [0.4, 0.5) is 4.79 Å². The molecule has 1 aromatic rings. The lowest BCUT2D eigenvalue weighted by Crippen LogP contribution is -2.46. The van der Waals surface area contributed by atoms with Gasteiger partial charge in [-0.2, -0.15) is 0 Å². The molecule has 0 spiro atoms. The van der Waals surface area contributed by atoms with E-state index in [1.54, 1.807) is 17.9 Å². The minimum absolute atomic E-state index is 0.216. The third-order valence-electron chi connectivity index (χ3n) is 4.68. The van der Waals surface area contributed by atoms with Crippen molar-refractivity contribution in [3.8, 4) is 0 Å². The van der Waals surface area contributed by atoms with Crippen molar-refractivity contribution in [2.24, 2.45) is 5.92 Å². The lowest BCUT2D eigenvalue weighted by atomic mass is 9.90. The Kier molecular flexibility index (Phi) is 8.07. The summed E-state index contributed by atoms with van der Waals surface area (Å²) in [6.45, 7) is 10.6. The van der Waals surface area contributed by atoms with Gasteiger partial charge in [-0.15, -0.1) is 11.3 Å². The zero-order valence-electron chi connectivity index (χ0n) is 17.9. The van der Waals surface area contributed by atoms with E-state index in [1.807, 2.05) is 33.8 Å². The van der Waals surface area contributed by atoms with Gasteiger partial charge in [-0.1, -0.05) is 0 Å². The highest BCUT2D eigenvalue weighted by atomic mass is 32.1. The zero-order chi connectivity index (χ0) is 21.6. The van der Waals surface area contributed by atoms with Crippen LogP contribution < -0.4 is 5.32 Å². The molecule has 7 nitrogen and oxygen atoms in total. The molecule has 2 heterocycles. The van der Waals surface area contributed by atoms with Crippen LogP contribution in [0, 0.1) is 12.8 Å². The Hall–Kier alpha value is -2.09. The average molecular weight is 425 g/mol. The van der Waals surface area contributed by atoms with Gasteiger partial charge in [0.05, 0.1) is 11.5 Å². The van der Waals surface area contributed by atoms with Gasteiger partial charge in [0.25, 0.3) is 5.91 Å². The number of nitrogens with zero attached hydrogens (tertiary/aromatic N) is 1. The molecule has 1 atom stereocenters. The molecule has 0 radical (unpaired) electrons. The quantitative estimate of drug-likeness (QED) is 0.703. The summed E-state index contributed by atoms with van der Waals surface area (Å²) in [5, 5.41) is 2.84. The van der Waals surface area contributed by atoms with Gasteiger partial charge >= 0.3 is 12.1 Å². The number of aryl methyl sites for hydroxylation is 1. The topological polar surface area (TPSA) is 84.9 Å². The van der Waals surface area contributed by atoms with Crippen molar-refractivity contribution in [3.05, 3.63) is 21.9 Å². The van der Waals surface area contributed by atoms with Crippen LogP contribution in [0.3, 0.4) is 0 Å². The Bertz CT molecular complexity index is 717. The van der Waals surface area contributed by atoms with Gasteiger partial charge in [0, 0.05) is 18.0 Å². The fourth-order valence-corrected chi connectivity index (χ4v) is 4.02. The number of ether oxygens (including phenoxy) is 2. The van der Waals surface area contributed by atoms with E-state index in [0.717, 1.165) is 17.7 Å². The minimum atomic E-state index is -0.692. The fourth-order valence-electron chi connectivity index (χ4n) is 3.25. The molecular formula is C21H32N2O5S. The van der Waals surface area contributed by atoms with E-state index in [1.165, 1.54) is 11.3 Å². The SMILES string of the molecule is CCOC(=O)C(CC1CCN(C(=O)OC(C)(C)C)CC1)NC(=O)c1ccc(C)s1. The lowest BCUT2D eigenvalue weighted by Gasteiger charge is -2.34. The van der Waals surface area contributed by atoms with Crippen molar-refractivity contribution in [1.82, 2.24) is 10.2 Å². The molecule has 1 aliphatic rings. The van der Waals surface area contributed by atoms with E-state index in [-0.39, 0.29) is 24.5 Å². The monoisotopic (exact) mass is 424 g/mol. The van der Waals surface area contributed by atoms with Crippen LogP contribution in [0.2, 0.25) is 0 Å². The van der Waals surface area contributed by atoms with Gasteiger partial charge in [0.1, 0.15) is 11.6 Å². The molecule has 8 heteroatoms. The summed E-state index contributed by atoms with van der Waals surface area (Å²) in [6.07, 6.45) is 1.70. The normalized spacial score (nSPS) is 16.2. The standard InChI is InChI=1S/C21H32N2O5S/c1-6-27-19(25)16(22-18(24)17-8-7-14(2)29-17)13-15-9-11-23(12-10-15)20(26)28-21(3,4)5/h7-8,15-16H,6,9-13H2,1-5H3,(H,22,24). The number of hydrogen-bond donors (Lipinski definition) is 1. The first-order valence-electron chi connectivity index (χ1n) is 10.1. The Morgan fingerprint density at radius 2 is 1.90 bits per heavy atom. The van der Waals surface area contributed by atoms with Gasteiger partial charge in [-0.05, 0) is 71.9 Å². The first-order chi connectivity index (χ1) is 13.6. The summed E-state index contributed by atoms with van der Waals surface area (Å²) < 4.78 is 10.6. The maximum atomic E-state index is 12.5. The number of likely N-dealkylation sites (tertiary alicyclic amines) is 1. The highest BCUT2D eigenvalue weighted by Crippen LogP contribution is 2.24. The Morgan fingerprint density at radius 3 is 2.41 bits per heavy atom. The number of hydrogen-bond acceptors (Lipinski definition) is 6. The number of carbonyl (C=O) groups is 3. The molecule has 1 saturated heterocycles. The number of piperidine rings is 1. The smallest absolute Gasteiger partial charge is 0.410 e. The van der Waals surface area contributed by atoms with E-state index in [4.69, 9.17) is 9.47 Å². The molecular weight excluding hydrogens is 392 g/mol. The van der Waals surface area contributed by atoms with Gasteiger partial charge < -0.3 is 19.7 Å². The minimum Gasteiger partial charge on any atom is -0.464 e. The molecule has 0 bridgehead atoms. The van der Waals surface area contributed by atoms with E-state index in [9.17, 15) is 14.4 Å². The third-order valence-corrected chi connectivity index (χ3v) is 5.68. The molecule has 0 saturated carbocycles. The molecule has 1 aliphatic heterocycles. The van der Waals surface area contributed by atoms with Crippen LogP contribution in [0.15, 0.2) is 12.1 Å². The van der Waals surface area contributed by atoms with Crippen LogP contribution in [-0.4, -0.2) is 54.2 Å². The van der Waals surface area contributed by atoms with E-state index in [0.29, 0.717) is 24.4 Å². The van der Waals surface area contributed by atoms with E-state index < -0.39 is 17.6 Å². The summed E-state index contributed by atoms with van der Waals surface area (Å²) in [4.78, 5) is 40.5. The van der Waals surface area contributed by atoms with Crippen LogP contribution >= 0.6 is 11.3 Å². The molecule has 1 N–H and O–H groups in total. The molecule has 0 aromatic carbocycles. The van der Waals surface area contributed by atoms with Crippen molar-refractivity contribution >= 4 is 29.3 Å². The second kappa shape index (κ2) is 10.1. The maximum absolute atomic E-state index is 12.5. The summed E-state index contributed by atoms with van der Waals surface area (Å²) in [6, 6.07) is 2.95. The van der Waals surface area contributed by atoms with Crippen LogP contribution in [-0.2, 0) is 14.3 Å². The van der Waals surface area contributed by atoms with Crippen LogP contribution in [0.5, 0.6) is 0 Å². The number of carbonyl (C=O) groups excluding carboxylic acids is 3. The number of thiophene rings is 1. The highest BCUT2D eigenvalue weighted by molar-refractivity contribution is 7.13. The van der Waals surface area contributed by atoms with Crippen molar-refractivity contribution in [1.29, 1.82) is 0 Å². The van der Waals surface area contributed by atoms with E-state index >= 15 is 0 Å².